The summed E-state index contributed by atoms with van der Waals surface area (Å²) < 4.78 is 42.2. The summed E-state index contributed by atoms with van der Waals surface area (Å²) in [4.78, 5) is 9.61. The van der Waals surface area contributed by atoms with Gasteiger partial charge in [-0.1, -0.05) is 0 Å². The van der Waals surface area contributed by atoms with E-state index in [1.165, 1.54) is 6.07 Å². The van der Waals surface area contributed by atoms with E-state index in [4.69, 9.17) is 10.5 Å². The van der Waals surface area contributed by atoms with E-state index in [9.17, 15) is 13.2 Å². The van der Waals surface area contributed by atoms with Gasteiger partial charge in [-0.25, -0.2) is 9.98 Å². The predicted octanol–water partition coefficient (Wildman–Crippen LogP) is 2.75. The molecule has 0 bridgehead atoms. The lowest BCUT2D eigenvalue weighted by Crippen LogP contribution is -2.37. The lowest BCUT2D eigenvalue weighted by molar-refractivity contribution is -0.137. The molecule has 0 aromatic carbocycles. The zero-order valence-corrected chi connectivity index (χ0v) is 14.8. The van der Waals surface area contributed by atoms with Gasteiger partial charge in [-0.05, 0) is 19.9 Å². The molecule has 0 radical (unpaired) electrons. The van der Waals surface area contributed by atoms with Crippen molar-refractivity contribution in [1.82, 2.24) is 9.88 Å². The summed E-state index contributed by atoms with van der Waals surface area (Å²) in [7, 11) is 0. The lowest BCUT2D eigenvalue weighted by Gasteiger charge is -2.19. The molecule has 0 saturated carbocycles. The maximum atomic E-state index is 12.3. The van der Waals surface area contributed by atoms with Crippen molar-refractivity contribution in [2.75, 3.05) is 26.2 Å². The van der Waals surface area contributed by atoms with Crippen LogP contribution in [0.5, 0.6) is 5.88 Å². The molecule has 0 spiro atoms. The first-order valence-corrected chi connectivity index (χ1v) is 6.59. The molecule has 0 atom stereocenters. The molecular weight excluding hydrogens is 412 g/mol. The van der Waals surface area contributed by atoms with Crippen LogP contribution < -0.4 is 10.5 Å². The smallest absolute Gasteiger partial charge is 0.417 e. The van der Waals surface area contributed by atoms with E-state index < -0.39 is 11.7 Å². The molecule has 9 heteroatoms. The van der Waals surface area contributed by atoms with Gasteiger partial charge >= 0.3 is 6.18 Å². The van der Waals surface area contributed by atoms with E-state index >= 15 is 0 Å². The molecule has 0 aliphatic rings. The van der Waals surface area contributed by atoms with Gasteiger partial charge < -0.3 is 15.4 Å². The molecule has 1 aromatic rings. The van der Waals surface area contributed by atoms with E-state index in [0.717, 1.165) is 25.4 Å². The second-order valence-electron chi connectivity index (χ2n) is 4.14. The number of halogens is 4. The Bertz CT molecular complexity index is 461. The second-order valence-corrected chi connectivity index (χ2v) is 4.14. The van der Waals surface area contributed by atoms with E-state index in [1.54, 1.807) is 0 Å². The van der Waals surface area contributed by atoms with Gasteiger partial charge in [0.2, 0.25) is 5.88 Å². The molecule has 0 saturated heterocycles. The highest BCUT2D eigenvalue weighted by Crippen LogP contribution is 2.29. The quantitative estimate of drug-likeness (QED) is 0.325. The molecule has 1 rings (SSSR count). The highest BCUT2D eigenvalue weighted by Gasteiger charge is 2.30. The summed E-state index contributed by atoms with van der Waals surface area (Å²) in [5.74, 6) is 0.545. The van der Waals surface area contributed by atoms with Gasteiger partial charge in [0.15, 0.2) is 5.96 Å². The average molecular weight is 432 g/mol. The van der Waals surface area contributed by atoms with Crippen LogP contribution >= 0.6 is 24.0 Å². The van der Waals surface area contributed by atoms with Crippen LogP contribution in [0.15, 0.2) is 23.3 Å². The maximum absolute atomic E-state index is 12.3. The van der Waals surface area contributed by atoms with Gasteiger partial charge in [0, 0.05) is 25.4 Å². The summed E-state index contributed by atoms with van der Waals surface area (Å²) in [6.07, 6.45) is -3.66. The zero-order valence-electron chi connectivity index (χ0n) is 12.4. The first-order valence-electron chi connectivity index (χ1n) is 6.59. The van der Waals surface area contributed by atoms with Crippen LogP contribution in [-0.2, 0) is 6.18 Å². The summed E-state index contributed by atoms with van der Waals surface area (Å²) in [5.41, 5.74) is 4.96. The maximum Gasteiger partial charge on any atom is 0.417 e. The molecule has 0 aliphatic heterocycles. The molecule has 0 unspecified atom stereocenters. The molecule has 126 valence electrons. The Morgan fingerprint density at radius 1 is 1.32 bits per heavy atom. The van der Waals surface area contributed by atoms with Crippen LogP contribution in [-0.4, -0.2) is 42.1 Å². The van der Waals surface area contributed by atoms with E-state index in [-0.39, 0.29) is 36.5 Å². The molecule has 0 amide bonds. The number of guanidine groups is 1. The largest absolute Gasteiger partial charge is 0.476 e. The van der Waals surface area contributed by atoms with Gasteiger partial charge in [-0.2, -0.15) is 13.2 Å². The van der Waals surface area contributed by atoms with Gasteiger partial charge in [-0.3, -0.25) is 0 Å². The molecule has 0 fully saturated rings. The minimum absolute atomic E-state index is 0. The molecule has 0 aliphatic carbocycles. The predicted molar refractivity (Wildman–Crippen MR) is 89.6 cm³/mol. The minimum atomic E-state index is -4.39. The first-order chi connectivity index (χ1) is 9.88. The van der Waals surface area contributed by atoms with Crippen molar-refractivity contribution in [3.05, 3.63) is 23.9 Å². The van der Waals surface area contributed by atoms with Crippen LogP contribution in [0.4, 0.5) is 13.2 Å². The number of pyridine rings is 1. The Labute approximate surface area is 144 Å². The highest BCUT2D eigenvalue weighted by atomic mass is 127. The summed E-state index contributed by atoms with van der Waals surface area (Å²) in [6, 6.07) is 2.11. The Kier molecular flexibility index (Phi) is 9.14. The molecule has 5 nitrogen and oxygen atoms in total. The van der Waals surface area contributed by atoms with Crippen molar-refractivity contribution < 1.29 is 17.9 Å². The fourth-order valence-electron chi connectivity index (χ4n) is 1.59. The van der Waals surface area contributed by atoms with E-state index in [2.05, 4.69) is 9.98 Å². The topological polar surface area (TPSA) is 63.7 Å². The van der Waals surface area contributed by atoms with Crippen LogP contribution in [0.1, 0.15) is 19.4 Å². The fourth-order valence-corrected chi connectivity index (χ4v) is 1.59. The van der Waals surface area contributed by atoms with Crippen molar-refractivity contribution in [2.45, 2.75) is 20.0 Å². The van der Waals surface area contributed by atoms with Crippen molar-refractivity contribution >= 4 is 29.9 Å². The third-order valence-corrected chi connectivity index (χ3v) is 2.77. The van der Waals surface area contributed by atoms with Crippen molar-refractivity contribution in [3.63, 3.8) is 0 Å². The van der Waals surface area contributed by atoms with Crippen LogP contribution in [0.2, 0.25) is 0 Å². The normalized spacial score (nSPS) is 11.8. The second kappa shape index (κ2) is 9.70. The average Bonchev–Trinajstić information content (AvgIpc) is 2.44. The third-order valence-electron chi connectivity index (χ3n) is 2.77. The molecular formula is C13H20F3IN4O. The lowest BCUT2D eigenvalue weighted by atomic mass is 10.3. The van der Waals surface area contributed by atoms with E-state index in [0.29, 0.717) is 12.5 Å². The van der Waals surface area contributed by atoms with Crippen molar-refractivity contribution in [1.29, 1.82) is 0 Å². The number of ether oxygens (including phenoxy) is 1. The van der Waals surface area contributed by atoms with Gasteiger partial charge in [0.25, 0.3) is 0 Å². The van der Waals surface area contributed by atoms with Crippen molar-refractivity contribution in [3.8, 4) is 5.88 Å². The Morgan fingerprint density at radius 2 is 1.95 bits per heavy atom. The van der Waals surface area contributed by atoms with Crippen LogP contribution in [0, 0.1) is 0 Å². The molecule has 1 heterocycles. The zero-order chi connectivity index (χ0) is 15.9. The molecule has 2 N–H and O–H groups in total. The summed E-state index contributed by atoms with van der Waals surface area (Å²) in [6.45, 7) is 5.95. The monoisotopic (exact) mass is 432 g/mol. The van der Waals surface area contributed by atoms with Gasteiger partial charge in [0.05, 0.1) is 12.1 Å². The Balaban J connectivity index is 0.00000441. The molecule has 22 heavy (non-hydrogen) atoms. The van der Waals surface area contributed by atoms with Gasteiger partial charge in [-0.15, -0.1) is 24.0 Å². The number of nitrogens with two attached hydrogens (primary N) is 1. The number of rotatable bonds is 6. The third kappa shape index (κ3) is 6.67. The number of nitrogens with zero attached hydrogens (tertiary/aromatic N) is 3. The number of hydrogen-bond donors (Lipinski definition) is 1. The summed E-state index contributed by atoms with van der Waals surface area (Å²) >= 11 is 0. The molecule has 1 aromatic heterocycles. The van der Waals surface area contributed by atoms with E-state index in [1.807, 2.05) is 18.7 Å². The minimum Gasteiger partial charge on any atom is -0.476 e. The van der Waals surface area contributed by atoms with Crippen LogP contribution in [0.3, 0.4) is 0 Å². The Morgan fingerprint density at radius 3 is 2.41 bits per heavy atom. The number of hydrogen-bond acceptors (Lipinski definition) is 3. The Hall–Kier alpha value is -1.26. The number of aliphatic imine (C=N–C) groups is 1. The highest BCUT2D eigenvalue weighted by molar-refractivity contribution is 14.0. The number of aromatic nitrogens is 1. The van der Waals surface area contributed by atoms with Crippen molar-refractivity contribution in [2.24, 2.45) is 10.7 Å². The summed E-state index contributed by atoms with van der Waals surface area (Å²) in [5, 5.41) is 0. The SMILES string of the molecule is CCN(CC)C(N)=NCCOc1ccc(C(F)(F)F)cn1.I. The van der Waals surface area contributed by atoms with Gasteiger partial charge in [0.1, 0.15) is 6.61 Å². The van der Waals surface area contributed by atoms with Crippen LogP contribution in [0.25, 0.3) is 0 Å². The fraction of sp³-hybridized carbons (Fsp3) is 0.538. The first kappa shape index (κ1) is 20.7. The standard InChI is InChI=1S/C13H19F3N4O.HI/c1-3-20(4-2)12(17)18-7-8-21-11-6-5-10(9-19-11)13(14,15)16;/h5-6,9H,3-4,7-8H2,1-2H3,(H2,17,18);1H. The number of alkyl halides is 3.